The highest BCUT2D eigenvalue weighted by Crippen LogP contribution is 2.26. The molecule has 0 aliphatic heterocycles. The van der Waals surface area contributed by atoms with Crippen LogP contribution in [-0.2, 0) is 12.8 Å². The quantitative estimate of drug-likeness (QED) is 0.882. The summed E-state index contributed by atoms with van der Waals surface area (Å²) in [5, 5.41) is 3.62. The smallest absolute Gasteiger partial charge is 0.150 e. The lowest BCUT2D eigenvalue weighted by Crippen LogP contribution is -1.95. The zero-order valence-electron chi connectivity index (χ0n) is 9.28. The van der Waals surface area contributed by atoms with Gasteiger partial charge in [0.2, 0.25) is 0 Å². The Hall–Kier alpha value is -1.61. The van der Waals surface area contributed by atoms with Gasteiger partial charge in [-0.3, -0.25) is 4.98 Å². The number of hydrogen-bond acceptors (Lipinski definition) is 3. The summed E-state index contributed by atoms with van der Waals surface area (Å²) in [5.74, 6) is 0.676. The SMILES string of the molecule is Clc1cncc(Nc2ccc3c(c2)CCC3)n1. The van der Waals surface area contributed by atoms with Crippen molar-refractivity contribution in [1.82, 2.24) is 9.97 Å². The Labute approximate surface area is 105 Å². The van der Waals surface area contributed by atoms with Gasteiger partial charge in [-0.2, -0.15) is 0 Å². The molecule has 0 radical (unpaired) electrons. The summed E-state index contributed by atoms with van der Waals surface area (Å²) < 4.78 is 0. The van der Waals surface area contributed by atoms with Crippen molar-refractivity contribution in [2.45, 2.75) is 19.3 Å². The normalized spacial score (nSPS) is 13.5. The van der Waals surface area contributed by atoms with Gasteiger partial charge in [-0.05, 0) is 42.5 Å². The van der Waals surface area contributed by atoms with E-state index in [1.165, 1.54) is 36.6 Å². The van der Waals surface area contributed by atoms with Crippen LogP contribution in [0.25, 0.3) is 0 Å². The van der Waals surface area contributed by atoms with Crippen molar-refractivity contribution in [3.63, 3.8) is 0 Å². The summed E-state index contributed by atoms with van der Waals surface area (Å²) in [6.45, 7) is 0. The van der Waals surface area contributed by atoms with Crippen molar-refractivity contribution >= 4 is 23.1 Å². The van der Waals surface area contributed by atoms with Crippen LogP contribution in [0.15, 0.2) is 30.6 Å². The van der Waals surface area contributed by atoms with Crippen LogP contribution in [0.2, 0.25) is 5.15 Å². The van der Waals surface area contributed by atoms with Crippen LogP contribution in [0.1, 0.15) is 17.5 Å². The molecule has 86 valence electrons. The highest BCUT2D eigenvalue weighted by Gasteiger charge is 2.10. The molecule has 2 aromatic rings. The molecule has 0 fully saturated rings. The maximum Gasteiger partial charge on any atom is 0.150 e. The van der Waals surface area contributed by atoms with Gasteiger partial charge in [-0.1, -0.05) is 17.7 Å². The van der Waals surface area contributed by atoms with Gasteiger partial charge in [0.15, 0.2) is 5.82 Å². The molecule has 1 heterocycles. The molecule has 0 bridgehead atoms. The molecule has 17 heavy (non-hydrogen) atoms. The number of aromatic nitrogens is 2. The number of nitrogens with one attached hydrogen (secondary N) is 1. The third-order valence-corrected chi connectivity index (χ3v) is 3.16. The summed E-state index contributed by atoms with van der Waals surface area (Å²) in [6, 6.07) is 6.44. The van der Waals surface area contributed by atoms with Crippen molar-refractivity contribution in [1.29, 1.82) is 0 Å². The first-order valence-electron chi connectivity index (χ1n) is 5.68. The van der Waals surface area contributed by atoms with Gasteiger partial charge < -0.3 is 5.32 Å². The molecular formula is C13H12ClN3. The Morgan fingerprint density at radius 2 is 2.00 bits per heavy atom. The lowest BCUT2D eigenvalue weighted by atomic mass is 10.1. The third kappa shape index (κ3) is 2.24. The molecule has 0 unspecified atom stereocenters. The van der Waals surface area contributed by atoms with Gasteiger partial charge >= 0.3 is 0 Å². The number of rotatable bonds is 2. The van der Waals surface area contributed by atoms with E-state index in [4.69, 9.17) is 11.6 Å². The van der Waals surface area contributed by atoms with E-state index in [-0.39, 0.29) is 0 Å². The minimum absolute atomic E-state index is 0.399. The van der Waals surface area contributed by atoms with E-state index in [9.17, 15) is 0 Å². The fourth-order valence-corrected chi connectivity index (χ4v) is 2.35. The predicted octanol–water partition coefficient (Wildman–Crippen LogP) is 3.36. The summed E-state index contributed by atoms with van der Waals surface area (Å²) >= 11 is 5.79. The first kappa shape index (κ1) is 10.5. The maximum atomic E-state index is 5.79. The van der Waals surface area contributed by atoms with E-state index >= 15 is 0 Å². The van der Waals surface area contributed by atoms with E-state index in [1.807, 2.05) is 0 Å². The second-order valence-corrected chi connectivity index (χ2v) is 4.58. The molecule has 1 aromatic heterocycles. The molecule has 0 atom stereocenters. The highest BCUT2D eigenvalue weighted by atomic mass is 35.5. The standard InChI is InChI=1S/C13H12ClN3/c14-12-7-15-8-13(17-12)16-11-5-4-9-2-1-3-10(9)6-11/h4-8H,1-3H2,(H,16,17). The molecule has 0 saturated carbocycles. The molecule has 0 spiro atoms. The van der Waals surface area contributed by atoms with E-state index in [0.717, 1.165) is 5.69 Å². The lowest BCUT2D eigenvalue weighted by Gasteiger charge is -2.07. The number of anilines is 2. The monoisotopic (exact) mass is 245 g/mol. The van der Waals surface area contributed by atoms with E-state index in [1.54, 1.807) is 6.20 Å². The molecule has 1 N–H and O–H groups in total. The van der Waals surface area contributed by atoms with Crippen LogP contribution in [0.5, 0.6) is 0 Å². The van der Waals surface area contributed by atoms with Crippen LogP contribution in [0.4, 0.5) is 11.5 Å². The van der Waals surface area contributed by atoms with E-state index in [0.29, 0.717) is 11.0 Å². The minimum Gasteiger partial charge on any atom is -0.339 e. The van der Waals surface area contributed by atoms with Crippen LogP contribution in [-0.4, -0.2) is 9.97 Å². The van der Waals surface area contributed by atoms with Gasteiger partial charge in [0.25, 0.3) is 0 Å². The Balaban J connectivity index is 1.86. The molecule has 3 nitrogen and oxygen atoms in total. The molecule has 1 aromatic carbocycles. The third-order valence-electron chi connectivity index (χ3n) is 2.98. The molecule has 0 amide bonds. The van der Waals surface area contributed by atoms with Gasteiger partial charge in [0.05, 0.1) is 12.4 Å². The summed E-state index contributed by atoms with van der Waals surface area (Å²) in [4.78, 5) is 8.15. The van der Waals surface area contributed by atoms with Gasteiger partial charge in [-0.25, -0.2) is 4.98 Å². The number of nitrogens with zero attached hydrogens (tertiary/aromatic N) is 2. The van der Waals surface area contributed by atoms with Crippen molar-refractivity contribution in [2.24, 2.45) is 0 Å². The zero-order chi connectivity index (χ0) is 11.7. The second kappa shape index (κ2) is 4.34. The van der Waals surface area contributed by atoms with Crippen LogP contribution >= 0.6 is 11.6 Å². The fraction of sp³-hybridized carbons (Fsp3) is 0.231. The minimum atomic E-state index is 0.399. The van der Waals surface area contributed by atoms with E-state index in [2.05, 4.69) is 33.5 Å². The summed E-state index contributed by atoms with van der Waals surface area (Å²) in [6.07, 6.45) is 6.82. The largest absolute Gasteiger partial charge is 0.339 e. The van der Waals surface area contributed by atoms with E-state index < -0.39 is 0 Å². The zero-order valence-corrected chi connectivity index (χ0v) is 10.0. The number of fused-ring (bicyclic) bond motifs is 1. The fourth-order valence-electron chi connectivity index (χ4n) is 2.20. The Kier molecular flexibility index (Phi) is 2.69. The molecule has 1 aliphatic rings. The van der Waals surface area contributed by atoms with Gasteiger partial charge in [0.1, 0.15) is 5.15 Å². The first-order chi connectivity index (χ1) is 8.31. The number of benzene rings is 1. The molecule has 0 saturated heterocycles. The predicted molar refractivity (Wildman–Crippen MR) is 68.8 cm³/mol. The second-order valence-electron chi connectivity index (χ2n) is 4.19. The molecule has 1 aliphatic carbocycles. The van der Waals surface area contributed by atoms with Gasteiger partial charge in [-0.15, -0.1) is 0 Å². The van der Waals surface area contributed by atoms with Crippen molar-refractivity contribution in [3.05, 3.63) is 46.9 Å². The number of aryl methyl sites for hydroxylation is 2. The topological polar surface area (TPSA) is 37.8 Å². The number of hydrogen-bond donors (Lipinski definition) is 1. The average Bonchev–Trinajstić information content (AvgIpc) is 2.76. The Morgan fingerprint density at radius 3 is 2.88 bits per heavy atom. The first-order valence-corrected chi connectivity index (χ1v) is 6.05. The summed E-state index contributed by atoms with van der Waals surface area (Å²) in [5.41, 5.74) is 3.94. The lowest BCUT2D eigenvalue weighted by molar-refractivity contribution is 0.912. The molecule has 3 rings (SSSR count). The summed E-state index contributed by atoms with van der Waals surface area (Å²) in [7, 11) is 0. The van der Waals surface area contributed by atoms with Crippen molar-refractivity contribution < 1.29 is 0 Å². The van der Waals surface area contributed by atoms with Crippen LogP contribution in [0.3, 0.4) is 0 Å². The van der Waals surface area contributed by atoms with Crippen molar-refractivity contribution in [2.75, 3.05) is 5.32 Å². The van der Waals surface area contributed by atoms with Crippen molar-refractivity contribution in [3.8, 4) is 0 Å². The Morgan fingerprint density at radius 1 is 1.12 bits per heavy atom. The number of halogens is 1. The van der Waals surface area contributed by atoms with Crippen LogP contribution < -0.4 is 5.32 Å². The highest BCUT2D eigenvalue weighted by molar-refractivity contribution is 6.29. The molecular weight excluding hydrogens is 234 g/mol. The maximum absolute atomic E-state index is 5.79. The van der Waals surface area contributed by atoms with Crippen LogP contribution in [0, 0.1) is 0 Å². The molecule has 4 heteroatoms. The van der Waals surface area contributed by atoms with Gasteiger partial charge in [0, 0.05) is 5.69 Å². The average molecular weight is 246 g/mol. The Bertz CT molecular complexity index is 554.